The van der Waals surface area contributed by atoms with Crippen LogP contribution in [0.15, 0.2) is 6.20 Å². The molecule has 1 rings (SSSR count). The van der Waals surface area contributed by atoms with Gasteiger partial charge in [-0.2, -0.15) is 8.75 Å². The molecule has 0 unspecified atom stereocenters. The van der Waals surface area contributed by atoms with Gasteiger partial charge >= 0.3 is 0 Å². The van der Waals surface area contributed by atoms with Gasteiger partial charge in [0.05, 0.1) is 17.9 Å². The average Bonchev–Trinajstić information content (AvgIpc) is 2.79. The molecule has 0 fully saturated rings. The highest BCUT2D eigenvalue weighted by atomic mass is 32.1. The first-order chi connectivity index (χ1) is 7.11. The molecule has 0 saturated carbocycles. The van der Waals surface area contributed by atoms with E-state index in [1.807, 2.05) is 13.8 Å². The molecule has 0 radical (unpaired) electrons. The summed E-state index contributed by atoms with van der Waals surface area (Å²) in [7, 11) is 0. The molecule has 0 bridgehead atoms. The van der Waals surface area contributed by atoms with Gasteiger partial charge in [0.2, 0.25) is 0 Å². The van der Waals surface area contributed by atoms with E-state index in [0.717, 1.165) is 24.6 Å². The summed E-state index contributed by atoms with van der Waals surface area (Å²) in [6.45, 7) is 4.50. The smallest absolute Gasteiger partial charge is 0.272 e. The van der Waals surface area contributed by atoms with E-state index in [9.17, 15) is 4.79 Å². The van der Waals surface area contributed by atoms with Gasteiger partial charge in [0, 0.05) is 12.1 Å². The van der Waals surface area contributed by atoms with E-state index < -0.39 is 0 Å². The van der Waals surface area contributed by atoms with Gasteiger partial charge in [-0.1, -0.05) is 13.8 Å². The first-order valence-electron chi connectivity index (χ1n) is 4.96. The molecule has 0 atom stereocenters. The second kappa shape index (κ2) is 5.18. The van der Waals surface area contributed by atoms with Crippen molar-refractivity contribution >= 4 is 17.6 Å². The number of hydrogen-bond acceptors (Lipinski definition) is 5. The minimum Gasteiger partial charge on any atom is -0.349 e. The summed E-state index contributed by atoms with van der Waals surface area (Å²) in [4.78, 5) is 11.5. The number of amides is 1. The molecule has 0 spiro atoms. The van der Waals surface area contributed by atoms with Crippen molar-refractivity contribution in [2.45, 2.75) is 32.2 Å². The standard InChI is InChI=1S/C9H16N4OS/c1-3-9(10,4-2)6-11-8(14)7-5-12-15-13-7/h5H,3-4,6,10H2,1-2H3,(H,11,14). The molecule has 6 heteroatoms. The Morgan fingerprint density at radius 2 is 2.27 bits per heavy atom. The number of nitrogens with one attached hydrogen (secondary N) is 1. The quantitative estimate of drug-likeness (QED) is 0.780. The van der Waals surface area contributed by atoms with Gasteiger partial charge in [-0.3, -0.25) is 4.79 Å². The molecule has 1 aromatic rings. The Balaban J connectivity index is 2.47. The van der Waals surface area contributed by atoms with E-state index in [4.69, 9.17) is 5.73 Å². The van der Waals surface area contributed by atoms with Crippen molar-refractivity contribution < 1.29 is 4.79 Å². The molecule has 1 aromatic heterocycles. The Hall–Kier alpha value is -1.01. The predicted octanol–water partition coefficient (Wildman–Crippen LogP) is 0.785. The number of nitrogens with two attached hydrogens (primary N) is 1. The molecule has 1 heterocycles. The van der Waals surface area contributed by atoms with Gasteiger partial charge in [0.15, 0.2) is 5.69 Å². The SMILES string of the molecule is CCC(N)(CC)CNC(=O)c1cnsn1. The molecule has 0 aliphatic rings. The van der Waals surface area contributed by atoms with E-state index in [1.165, 1.54) is 6.20 Å². The van der Waals surface area contributed by atoms with Gasteiger partial charge in [0.25, 0.3) is 5.91 Å². The Labute approximate surface area is 93.4 Å². The molecule has 0 saturated heterocycles. The number of carbonyl (C=O) groups is 1. The molecule has 0 aliphatic carbocycles. The summed E-state index contributed by atoms with van der Waals surface area (Å²) in [6, 6.07) is 0. The van der Waals surface area contributed by atoms with Crippen LogP contribution in [0.1, 0.15) is 37.2 Å². The summed E-state index contributed by atoms with van der Waals surface area (Å²) in [5, 5.41) is 2.77. The third-order valence-corrected chi connectivity index (χ3v) is 3.08. The summed E-state index contributed by atoms with van der Waals surface area (Å²) in [5.74, 6) is -0.208. The third kappa shape index (κ3) is 3.24. The lowest BCUT2D eigenvalue weighted by Gasteiger charge is -2.26. The highest BCUT2D eigenvalue weighted by Crippen LogP contribution is 2.09. The van der Waals surface area contributed by atoms with Crippen molar-refractivity contribution in [1.29, 1.82) is 0 Å². The molecule has 84 valence electrons. The van der Waals surface area contributed by atoms with Crippen LogP contribution in [-0.4, -0.2) is 26.7 Å². The monoisotopic (exact) mass is 228 g/mol. The Bertz CT molecular complexity index is 308. The molecular formula is C9H16N4OS. The zero-order valence-corrected chi connectivity index (χ0v) is 9.80. The number of carbonyl (C=O) groups excluding carboxylic acids is 1. The first kappa shape index (κ1) is 12.1. The minimum absolute atomic E-state index is 0.208. The number of hydrogen-bond donors (Lipinski definition) is 2. The molecule has 5 nitrogen and oxygen atoms in total. The maximum atomic E-state index is 11.5. The highest BCUT2D eigenvalue weighted by molar-refractivity contribution is 6.99. The molecule has 0 aromatic carbocycles. The van der Waals surface area contributed by atoms with Crippen LogP contribution in [-0.2, 0) is 0 Å². The van der Waals surface area contributed by atoms with Crippen LogP contribution in [0.3, 0.4) is 0 Å². The zero-order chi connectivity index (χ0) is 11.3. The van der Waals surface area contributed by atoms with Gasteiger partial charge in [-0.05, 0) is 12.8 Å². The summed E-state index contributed by atoms with van der Waals surface area (Å²) in [5.41, 5.74) is 6.09. The summed E-state index contributed by atoms with van der Waals surface area (Å²) in [6.07, 6.45) is 3.12. The fourth-order valence-corrected chi connectivity index (χ4v) is 1.52. The lowest BCUT2D eigenvalue weighted by molar-refractivity contribution is 0.0938. The molecule has 1 amide bonds. The zero-order valence-electron chi connectivity index (χ0n) is 8.99. The topological polar surface area (TPSA) is 80.9 Å². The van der Waals surface area contributed by atoms with Crippen LogP contribution in [0.25, 0.3) is 0 Å². The lowest BCUT2D eigenvalue weighted by Crippen LogP contribution is -2.49. The largest absolute Gasteiger partial charge is 0.349 e. The fourth-order valence-electron chi connectivity index (χ4n) is 1.11. The van der Waals surface area contributed by atoms with Crippen LogP contribution < -0.4 is 11.1 Å². The van der Waals surface area contributed by atoms with Crippen molar-refractivity contribution in [3.8, 4) is 0 Å². The van der Waals surface area contributed by atoms with Crippen LogP contribution in [0.5, 0.6) is 0 Å². The van der Waals surface area contributed by atoms with Gasteiger partial charge in [0.1, 0.15) is 0 Å². The third-order valence-electron chi connectivity index (χ3n) is 2.60. The van der Waals surface area contributed by atoms with Crippen molar-refractivity contribution in [2.24, 2.45) is 5.73 Å². The van der Waals surface area contributed by atoms with Crippen molar-refractivity contribution in [3.05, 3.63) is 11.9 Å². The van der Waals surface area contributed by atoms with Crippen molar-refractivity contribution in [3.63, 3.8) is 0 Å². The van der Waals surface area contributed by atoms with Gasteiger partial charge < -0.3 is 11.1 Å². The Kier molecular flexibility index (Phi) is 4.16. The summed E-state index contributed by atoms with van der Waals surface area (Å²) < 4.78 is 7.61. The number of aromatic nitrogens is 2. The maximum absolute atomic E-state index is 11.5. The predicted molar refractivity (Wildman–Crippen MR) is 59.7 cm³/mol. The molecule has 15 heavy (non-hydrogen) atoms. The number of rotatable bonds is 5. The van der Waals surface area contributed by atoms with Gasteiger partial charge in [-0.25, -0.2) is 0 Å². The Morgan fingerprint density at radius 1 is 1.60 bits per heavy atom. The summed E-state index contributed by atoms with van der Waals surface area (Å²) >= 11 is 1.02. The average molecular weight is 228 g/mol. The second-order valence-corrected chi connectivity index (χ2v) is 4.10. The minimum atomic E-state index is -0.320. The highest BCUT2D eigenvalue weighted by Gasteiger charge is 2.21. The van der Waals surface area contributed by atoms with E-state index >= 15 is 0 Å². The van der Waals surface area contributed by atoms with E-state index in [2.05, 4.69) is 14.1 Å². The Morgan fingerprint density at radius 3 is 2.73 bits per heavy atom. The van der Waals surface area contributed by atoms with Crippen LogP contribution in [0.4, 0.5) is 0 Å². The van der Waals surface area contributed by atoms with Crippen molar-refractivity contribution in [1.82, 2.24) is 14.1 Å². The van der Waals surface area contributed by atoms with E-state index in [1.54, 1.807) is 0 Å². The van der Waals surface area contributed by atoms with E-state index in [-0.39, 0.29) is 11.4 Å². The molecular weight excluding hydrogens is 212 g/mol. The van der Waals surface area contributed by atoms with Crippen LogP contribution in [0, 0.1) is 0 Å². The van der Waals surface area contributed by atoms with Crippen molar-refractivity contribution in [2.75, 3.05) is 6.54 Å². The van der Waals surface area contributed by atoms with Crippen LogP contribution >= 0.6 is 11.7 Å². The second-order valence-electron chi connectivity index (χ2n) is 3.54. The van der Waals surface area contributed by atoms with E-state index in [0.29, 0.717) is 12.2 Å². The fraction of sp³-hybridized carbons (Fsp3) is 0.667. The molecule has 3 N–H and O–H groups in total. The number of nitrogens with zero attached hydrogens (tertiary/aromatic N) is 2. The van der Waals surface area contributed by atoms with Crippen LogP contribution in [0.2, 0.25) is 0 Å². The normalized spacial score (nSPS) is 11.4. The molecule has 0 aliphatic heterocycles. The van der Waals surface area contributed by atoms with Gasteiger partial charge in [-0.15, -0.1) is 0 Å². The maximum Gasteiger partial charge on any atom is 0.272 e. The first-order valence-corrected chi connectivity index (χ1v) is 5.69. The lowest BCUT2D eigenvalue weighted by atomic mass is 9.94.